The molecule has 1 aromatic carbocycles. The summed E-state index contributed by atoms with van der Waals surface area (Å²) in [5.41, 5.74) is 1.39. The number of hydrogen-bond donors (Lipinski definition) is 2. The van der Waals surface area contributed by atoms with Gasteiger partial charge in [0.2, 0.25) is 5.91 Å². The lowest BCUT2D eigenvalue weighted by molar-refractivity contribution is -0.118. The number of aromatic amines is 1. The molecule has 7 nitrogen and oxygen atoms in total. The molecule has 27 heavy (non-hydrogen) atoms. The number of fused-ring (bicyclic) bond motifs is 1. The number of ether oxygens (including phenoxy) is 2. The van der Waals surface area contributed by atoms with Crippen molar-refractivity contribution in [3.8, 4) is 5.75 Å². The zero-order chi connectivity index (χ0) is 19.4. The van der Waals surface area contributed by atoms with E-state index in [1.54, 1.807) is 19.2 Å². The van der Waals surface area contributed by atoms with Gasteiger partial charge < -0.3 is 19.8 Å². The molecule has 146 valence electrons. The Balaban J connectivity index is 1.86. The summed E-state index contributed by atoms with van der Waals surface area (Å²) < 4.78 is 10.1. The molecule has 3 rings (SSSR count). The number of rotatable bonds is 6. The molecule has 1 fully saturated rings. The summed E-state index contributed by atoms with van der Waals surface area (Å²) >= 11 is 0. The number of hydrogen-bond acceptors (Lipinski definition) is 5. The van der Waals surface area contributed by atoms with E-state index in [4.69, 9.17) is 9.47 Å². The molecule has 2 heterocycles. The van der Waals surface area contributed by atoms with Gasteiger partial charge in [-0.2, -0.15) is 0 Å². The second kappa shape index (κ2) is 8.43. The molecule has 1 aliphatic heterocycles. The van der Waals surface area contributed by atoms with Crippen molar-refractivity contribution < 1.29 is 19.1 Å². The molecule has 1 aliphatic rings. The van der Waals surface area contributed by atoms with Gasteiger partial charge in [-0.1, -0.05) is 13.3 Å². The second-order valence-electron chi connectivity index (χ2n) is 6.85. The Bertz CT molecular complexity index is 830. The van der Waals surface area contributed by atoms with Crippen molar-refractivity contribution in [2.75, 3.05) is 32.6 Å². The molecular weight excluding hydrogens is 346 g/mol. The lowest BCUT2D eigenvalue weighted by Gasteiger charge is -2.34. The van der Waals surface area contributed by atoms with Crippen LogP contribution in [-0.2, 0) is 9.53 Å². The minimum absolute atomic E-state index is 0.128. The Hall–Kier alpha value is -2.54. The first-order chi connectivity index (χ1) is 13.1. The van der Waals surface area contributed by atoms with Gasteiger partial charge in [-0.05, 0) is 37.9 Å². The summed E-state index contributed by atoms with van der Waals surface area (Å²) in [5, 5.41) is 3.67. The fourth-order valence-corrected chi connectivity index (χ4v) is 3.78. The van der Waals surface area contributed by atoms with Gasteiger partial charge in [0, 0.05) is 17.5 Å². The molecule has 7 heteroatoms. The fourth-order valence-electron chi connectivity index (χ4n) is 3.78. The quantitative estimate of drug-likeness (QED) is 0.760. The van der Waals surface area contributed by atoms with Crippen LogP contribution in [0.2, 0.25) is 0 Å². The summed E-state index contributed by atoms with van der Waals surface area (Å²) in [5.74, 6) is 0.0132. The van der Waals surface area contributed by atoms with Crippen LogP contribution in [0.15, 0.2) is 18.2 Å². The molecule has 1 amide bonds. The summed E-state index contributed by atoms with van der Waals surface area (Å²) in [7, 11) is 2.90. The Kier molecular flexibility index (Phi) is 6.01. The van der Waals surface area contributed by atoms with Crippen LogP contribution in [0.5, 0.6) is 5.75 Å². The SMILES string of the molecule is CCC1CCCCN1CC(=O)Nc1c(C(=O)OC)[nH]c2cc(OC)ccc12. The Labute approximate surface area is 159 Å². The number of aromatic nitrogens is 1. The Morgan fingerprint density at radius 3 is 2.81 bits per heavy atom. The van der Waals surface area contributed by atoms with E-state index in [9.17, 15) is 9.59 Å². The molecule has 1 aromatic heterocycles. The summed E-state index contributed by atoms with van der Waals surface area (Å²) in [6.45, 7) is 3.41. The number of methoxy groups -OCH3 is 2. The summed E-state index contributed by atoms with van der Waals surface area (Å²) in [6.07, 6.45) is 4.50. The van der Waals surface area contributed by atoms with E-state index in [0.29, 0.717) is 29.5 Å². The number of amides is 1. The molecule has 1 atom stereocenters. The van der Waals surface area contributed by atoms with Crippen LogP contribution in [0, 0.1) is 0 Å². The van der Waals surface area contributed by atoms with Gasteiger partial charge in [0.15, 0.2) is 0 Å². The molecule has 0 bridgehead atoms. The lowest BCUT2D eigenvalue weighted by atomic mass is 10.00. The first-order valence-electron chi connectivity index (χ1n) is 9.39. The molecule has 1 unspecified atom stereocenters. The summed E-state index contributed by atoms with van der Waals surface area (Å²) in [6, 6.07) is 5.85. The molecule has 2 N–H and O–H groups in total. The average molecular weight is 373 g/mol. The molecule has 0 saturated carbocycles. The van der Waals surface area contributed by atoms with E-state index in [2.05, 4.69) is 22.1 Å². The highest BCUT2D eigenvalue weighted by Crippen LogP contribution is 2.31. The van der Waals surface area contributed by atoms with Crippen molar-refractivity contribution in [3.05, 3.63) is 23.9 Å². The predicted molar refractivity (Wildman–Crippen MR) is 104 cm³/mol. The molecule has 0 radical (unpaired) electrons. The van der Waals surface area contributed by atoms with Gasteiger partial charge in [0.1, 0.15) is 11.4 Å². The number of carbonyl (C=O) groups excluding carboxylic acids is 2. The van der Waals surface area contributed by atoms with Gasteiger partial charge >= 0.3 is 5.97 Å². The van der Waals surface area contributed by atoms with Crippen LogP contribution in [0.4, 0.5) is 5.69 Å². The number of nitrogens with one attached hydrogen (secondary N) is 2. The third kappa shape index (κ3) is 4.08. The van der Waals surface area contributed by atoms with Crippen molar-refractivity contribution in [1.82, 2.24) is 9.88 Å². The number of carbonyl (C=O) groups is 2. The first kappa shape index (κ1) is 19.2. The van der Waals surface area contributed by atoms with Gasteiger partial charge in [-0.3, -0.25) is 9.69 Å². The van der Waals surface area contributed by atoms with Crippen molar-refractivity contribution in [2.24, 2.45) is 0 Å². The van der Waals surface area contributed by atoms with Crippen LogP contribution in [0.3, 0.4) is 0 Å². The van der Waals surface area contributed by atoms with Crippen LogP contribution in [0.1, 0.15) is 43.1 Å². The van der Waals surface area contributed by atoms with Crippen LogP contribution < -0.4 is 10.1 Å². The lowest BCUT2D eigenvalue weighted by Crippen LogP contribution is -2.43. The van der Waals surface area contributed by atoms with E-state index in [-0.39, 0.29) is 11.6 Å². The topological polar surface area (TPSA) is 83.7 Å². The van der Waals surface area contributed by atoms with E-state index in [1.165, 1.54) is 13.5 Å². The minimum atomic E-state index is -0.523. The first-order valence-corrected chi connectivity index (χ1v) is 9.39. The number of nitrogens with zero attached hydrogens (tertiary/aromatic N) is 1. The zero-order valence-electron chi connectivity index (χ0n) is 16.1. The normalized spacial score (nSPS) is 17.7. The van der Waals surface area contributed by atoms with Crippen molar-refractivity contribution in [2.45, 2.75) is 38.6 Å². The van der Waals surface area contributed by atoms with Crippen LogP contribution in [-0.4, -0.2) is 55.1 Å². The molecule has 0 aliphatic carbocycles. The maximum Gasteiger partial charge on any atom is 0.356 e. The average Bonchev–Trinajstić information content (AvgIpc) is 3.05. The molecule has 0 spiro atoms. The van der Waals surface area contributed by atoms with E-state index in [1.807, 2.05) is 6.07 Å². The third-order valence-electron chi connectivity index (χ3n) is 5.23. The standard InChI is InChI=1S/C20H27N3O4/c1-4-13-7-5-6-10-23(13)12-17(24)22-18-15-9-8-14(26-2)11-16(15)21-19(18)20(25)27-3/h8-9,11,13,21H,4-7,10,12H2,1-3H3,(H,22,24). The molecular formula is C20H27N3O4. The van der Waals surface area contributed by atoms with E-state index >= 15 is 0 Å². The van der Waals surface area contributed by atoms with Gasteiger partial charge in [0.05, 0.1) is 32.0 Å². The highest BCUT2D eigenvalue weighted by Gasteiger charge is 2.25. The number of anilines is 1. The predicted octanol–water partition coefficient (Wildman–Crippen LogP) is 3.17. The molecule has 2 aromatic rings. The maximum absolute atomic E-state index is 12.7. The van der Waals surface area contributed by atoms with Crippen molar-refractivity contribution >= 4 is 28.5 Å². The number of H-pyrrole nitrogens is 1. The van der Waals surface area contributed by atoms with E-state index in [0.717, 1.165) is 31.2 Å². The minimum Gasteiger partial charge on any atom is -0.497 e. The maximum atomic E-state index is 12.7. The number of piperidine rings is 1. The summed E-state index contributed by atoms with van der Waals surface area (Å²) in [4.78, 5) is 30.2. The Morgan fingerprint density at radius 2 is 2.11 bits per heavy atom. The van der Waals surface area contributed by atoms with Gasteiger partial charge in [0.25, 0.3) is 0 Å². The van der Waals surface area contributed by atoms with Crippen LogP contribution in [0.25, 0.3) is 10.9 Å². The smallest absolute Gasteiger partial charge is 0.356 e. The fraction of sp³-hybridized carbons (Fsp3) is 0.500. The monoisotopic (exact) mass is 373 g/mol. The zero-order valence-corrected chi connectivity index (χ0v) is 16.1. The van der Waals surface area contributed by atoms with Gasteiger partial charge in [-0.25, -0.2) is 4.79 Å². The van der Waals surface area contributed by atoms with Gasteiger partial charge in [-0.15, -0.1) is 0 Å². The highest BCUT2D eigenvalue weighted by atomic mass is 16.5. The van der Waals surface area contributed by atoms with Crippen LogP contribution >= 0.6 is 0 Å². The van der Waals surface area contributed by atoms with E-state index < -0.39 is 5.97 Å². The number of esters is 1. The third-order valence-corrected chi connectivity index (χ3v) is 5.23. The number of benzene rings is 1. The molecule has 1 saturated heterocycles. The second-order valence-corrected chi connectivity index (χ2v) is 6.85. The Morgan fingerprint density at radius 1 is 1.30 bits per heavy atom. The highest BCUT2D eigenvalue weighted by molar-refractivity contribution is 6.11. The number of likely N-dealkylation sites (tertiary alicyclic amines) is 1. The van der Waals surface area contributed by atoms with Crippen molar-refractivity contribution in [3.63, 3.8) is 0 Å². The van der Waals surface area contributed by atoms with Crippen molar-refractivity contribution in [1.29, 1.82) is 0 Å². The largest absolute Gasteiger partial charge is 0.497 e.